The van der Waals surface area contributed by atoms with Crippen LogP contribution in [0.4, 0.5) is 22.9 Å². The van der Waals surface area contributed by atoms with E-state index in [-0.39, 0.29) is 40.3 Å². The van der Waals surface area contributed by atoms with E-state index in [0.29, 0.717) is 11.1 Å². The normalized spacial score (nSPS) is 24.9. The van der Waals surface area contributed by atoms with Gasteiger partial charge in [0.25, 0.3) is 11.3 Å². The molecule has 4 aliphatic heterocycles. The highest BCUT2D eigenvalue weighted by molar-refractivity contribution is 7.61. The smallest absolute Gasteiger partial charge is 0.481 e. The highest BCUT2D eigenvalue weighted by Crippen LogP contribution is 2.60. The third-order valence-electron chi connectivity index (χ3n) is 9.32. The number of nitrogens with zero attached hydrogens (tertiary/aromatic N) is 7. The van der Waals surface area contributed by atoms with Gasteiger partial charge in [-0.15, -0.1) is 4.99 Å². The molecule has 9 N–H and O–H groups in total. The number of ether oxygens (including phenoxy) is 1. The molecule has 0 radical (unpaired) electrons. The third kappa shape index (κ3) is 8.49. The van der Waals surface area contributed by atoms with E-state index in [1.54, 1.807) is 39.8 Å². The third-order valence-corrected chi connectivity index (χ3v) is 11.9. The van der Waals surface area contributed by atoms with Crippen molar-refractivity contribution in [2.75, 3.05) is 29.6 Å². The Balaban J connectivity index is 1.08. The largest absolute Gasteiger partial charge is 0.846 e. The van der Waals surface area contributed by atoms with Gasteiger partial charge < -0.3 is 55.0 Å². The van der Waals surface area contributed by atoms with Crippen molar-refractivity contribution in [2.24, 2.45) is 20.9 Å². The van der Waals surface area contributed by atoms with Crippen molar-refractivity contribution in [1.29, 1.82) is 5.41 Å². The fourth-order valence-electron chi connectivity index (χ4n) is 6.21. The number of aromatic nitrogens is 2. The number of amides is 1. The Morgan fingerprint density at radius 2 is 1.71 bits per heavy atom. The number of aromatic amines is 1. The van der Waals surface area contributed by atoms with E-state index in [9.17, 15) is 59.1 Å². The van der Waals surface area contributed by atoms with Crippen LogP contribution in [0.1, 0.15) is 25.0 Å². The number of carbonyl (C=O) groups is 1. The van der Waals surface area contributed by atoms with E-state index in [4.69, 9.17) is 14.7 Å². The van der Waals surface area contributed by atoms with Crippen molar-refractivity contribution in [3.63, 3.8) is 0 Å². The summed E-state index contributed by atoms with van der Waals surface area (Å²) in [6.07, 6.45) is -10.4. The number of aliphatic imine (C=N–C) groups is 3. The Kier molecular flexibility index (Phi) is 12.1. The second-order valence-corrected chi connectivity index (χ2v) is 16.8. The van der Waals surface area contributed by atoms with Crippen LogP contribution in [0, 0.1) is 25.2 Å². The minimum absolute atomic E-state index is 0.0524. The van der Waals surface area contributed by atoms with Gasteiger partial charge in [-0.05, 0) is 37.1 Å². The molecule has 1 amide bonds. The number of anilines is 4. The molecule has 1 aromatic carbocycles. The van der Waals surface area contributed by atoms with E-state index in [1.807, 2.05) is 4.98 Å². The van der Waals surface area contributed by atoms with Gasteiger partial charge in [0.2, 0.25) is 18.5 Å². The lowest BCUT2D eigenvalue weighted by atomic mass is 10.0. The van der Waals surface area contributed by atoms with E-state index >= 15 is 0 Å². The molecule has 0 spiro atoms. The maximum Gasteiger partial charge on any atom is 0.481 e. The van der Waals surface area contributed by atoms with Crippen molar-refractivity contribution in [3.8, 4) is 6.01 Å². The first-order valence-electron chi connectivity index (χ1n) is 17.3. The molecule has 9 atom stereocenters. The standard InChI is InChI=1S/C31H39N9O16P2/c1-12(2)29(47)40-16-6-14(4)13(3)5-15(16)38(27-21(40)28(46)37-31(48)36-27)7-17(41)22(43)18(42)8-53-57(49,50)56-58(51,52)54-9-19-23(44)24(45)30(55-19)39-11-35-20-25(32)33-10-34-26(20)39/h5-6,10-12,17-19,22-24,30,32,41-45H,7-9H2,1-4H3,(H3-,36,37,46,48,49,50,51,52). The lowest BCUT2D eigenvalue weighted by molar-refractivity contribution is -0.517. The summed E-state index contributed by atoms with van der Waals surface area (Å²) in [6.45, 7) is 3.75. The second kappa shape index (κ2) is 16.3. The number of fused-ring (bicyclic) bond motifs is 3. The van der Waals surface area contributed by atoms with Crippen molar-refractivity contribution in [1.82, 2.24) is 9.97 Å². The molecule has 0 saturated carbocycles. The van der Waals surface area contributed by atoms with Crippen molar-refractivity contribution < 1.29 is 77.0 Å². The molecule has 314 valence electrons. The first-order chi connectivity index (χ1) is 27.1. The second-order valence-electron chi connectivity index (χ2n) is 13.7. The number of aliphatic hydroxyl groups is 5. The van der Waals surface area contributed by atoms with Crippen molar-refractivity contribution in [2.45, 2.75) is 70.5 Å². The monoisotopic (exact) mass is 855 g/mol. The number of aliphatic hydroxyl groups excluding tert-OH is 5. The topological polar surface area (TPSA) is 369 Å². The number of rotatable bonds is 14. The molecule has 5 heterocycles. The van der Waals surface area contributed by atoms with Crippen molar-refractivity contribution >= 4 is 74.5 Å². The van der Waals surface area contributed by atoms with Gasteiger partial charge in [0.1, 0.15) is 36.6 Å². The maximum atomic E-state index is 13.4. The van der Waals surface area contributed by atoms with Gasteiger partial charge in [0, 0.05) is 5.92 Å². The summed E-state index contributed by atoms with van der Waals surface area (Å²) in [7, 11) is -11.1. The van der Waals surface area contributed by atoms with Gasteiger partial charge in [0.05, 0.1) is 37.1 Å². The molecule has 27 heteroatoms. The highest BCUT2D eigenvalue weighted by atomic mass is 31.3. The molecular weight excluding hydrogens is 816 g/mol. The van der Waals surface area contributed by atoms with E-state index in [0.717, 1.165) is 17.6 Å². The molecule has 6 rings (SSSR count). The predicted octanol–water partition coefficient (Wildman–Crippen LogP) is -2.07. The molecule has 58 heavy (non-hydrogen) atoms. The lowest BCUT2D eigenvalue weighted by Gasteiger charge is -2.40. The van der Waals surface area contributed by atoms with E-state index in [1.165, 1.54) is 9.48 Å². The number of phosphoric acid groups is 2. The number of benzene rings is 1. The number of phosphoric ester groups is 2. The zero-order chi connectivity index (χ0) is 42.6. The summed E-state index contributed by atoms with van der Waals surface area (Å²) < 4.78 is 45.5. The predicted molar refractivity (Wildman–Crippen MR) is 198 cm³/mol. The number of hydrogen-bond donors (Lipinski definition) is 9. The van der Waals surface area contributed by atoms with Gasteiger partial charge in [-0.1, -0.05) is 18.8 Å². The summed E-state index contributed by atoms with van der Waals surface area (Å²) in [5, 5.41) is 73.8. The molecule has 1 fully saturated rings. The van der Waals surface area contributed by atoms with Crippen molar-refractivity contribution in [3.05, 3.63) is 33.6 Å². The van der Waals surface area contributed by atoms with E-state index < -0.39 is 102 Å². The van der Waals surface area contributed by atoms with Crippen LogP contribution in [0.25, 0.3) is 0 Å². The Morgan fingerprint density at radius 1 is 1.05 bits per heavy atom. The fraction of sp³-hybridized carbons (Fsp3) is 0.484. The average molecular weight is 856 g/mol. The summed E-state index contributed by atoms with van der Waals surface area (Å²) >= 11 is 0. The molecule has 2 aromatic rings. The summed E-state index contributed by atoms with van der Waals surface area (Å²) in [6, 6.07) is 2.12. The summed E-state index contributed by atoms with van der Waals surface area (Å²) in [5.74, 6) is -1.66. The fourth-order valence-corrected chi connectivity index (χ4v) is 8.31. The van der Waals surface area contributed by atoms with Crippen LogP contribution in [-0.4, -0.2) is 148 Å². The van der Waals surface area contributed by atoms with Gasteiger partial charge in [-0.25, -0.2) is 18.7 Å². The van der Waals surface area contributed by atoms with E-state index in [2.05, 4.69) is 28.8 Å². The molecule has 1 aromatic heterocycles. The van der Waals surface area contributed by atoms with Crippen LogP contribution in [0.5, 0.6) is 6.01 Å². The molecule has 9 unspecified atom stereocenters. The SMILES string of the molecule is Cc1cc2c(cc1C)N(C(=O)C(C)C)c1c(nc([O-])[nH]c1=O)N2CC(O)C(O)C(O)COP(=O)(O)OP(=O)(O)OCC1OC([N+]2=CN=C3C(=N)N=CN=C32)C(O)C1O. The average Bonchev–Trinajstić information content (AvgIpc) is 3.70. The Labute approximate surface area is 327 Å². The Bertz CT molecular complexity index is 2300. The number of hydrogen-bond acceptors (Lipinski definition) is 19. The van der Waals surface area contributed by atoms with Gasteiger partial charge >= 0.3 is 21.5 Å². The van der Waals surface area contributed by atoms with Crippen LogP contribution >= 0.6 is 15.6 Å². The van der Waals surface area contributed by atoms with Crippen LogP contribution in [-0.2, 0) is 32.0 Å². The lowest BCUT2D eigenvalue weighted by Crippen LogP contribution is -2.47. The summed E-state index contributed by atoms with van der Waals surface area (Å²) in [5.41, 5.74) is 0.531. The first-order valence-corrected chi connectivity index (χ1v) is 20.2. The minimum Gasteiger partial charge on any atom is -0.846 e. The van der Waals surface area contributed by atoms with Crippen LogP contribution in [0.3, 0.4) is 0 Å². The quantitative estimate of drug-likeness (QED) is 0.0727. The summed E-state index contributed by atoms with van der Waals surface area (Å²) in [4.78, 5) is 66.7. The Morgan fingerprint density at radius 3 is 2.38 bits per heavy atom. The van der Waals surface area contributed by atoms with Crippen LogP contribution in [0.15, 0.2) is 31.9 Å². The number of β-amino-alcohol motifs (C(OH)–C–C–N with tert-alkyl or cyclic N) is 1. The zero-order valence-electron chi connectivity index (χ0n) is 30.9. The molecule has 1 saturated heterocycles. The highest BCUT2D eigenvalue weighted by Gasteiger charge is 2.51. The van der Waals surface area contributed by atoms with Crippen LogP contribution < -0.4 is 20.5 Å². The molecule has 0 aliphatic carbocycles. The number of aryl methyl sites for hydroxylation is 2. The first kappa shape index (κ1) is 43.1. The van der Waals surface area contributed by atoms with Gasteiger partial charge in [-0.2, -0.15) is 9.30 Å². The Hall–Kier alpha value is -4.46. The number of nitrogens with one attached hydrogen (secondary N) is 2. The molecule has 4 aliphatic rings. The zero-order valence-corrected chi connectivity index (χ0v) is 32.7. The number of carbonyl (C=O) groups excluding carboxylic acids is 1. The molecule has 25 nitrogen and oxygen atoms in total. The minimum atomic E-state index is -5.60. The van der Waals surface area contributed by atoms with Gasteiger partial charge in [-0.3, -0.25) is 28.9 Å². The van der Waals surface area contributed by atoms with Gasteiger partial charge in [0.15, 0.2) is 23.7 Å². The maximum absolute atomic E-state index is 13.4. The number of amidine groups is 2. The molecular formula is C31H39N9O16P2. The molecule has 0 bridgehead atoms. The van der Waals surface area contributed by atoms with Crippen LogP contribution in [0.2, 0.25) is 0 Å². The number of H-pyrrole nitrogens is 1.